The van der Waals surface area contributed by atoms with Gasteiger partial charge in [-0.1, -0.05) is 12.2 Å². The third-order valence-corrected chi connectivity index (χ3v) is 1.75. The van der Waals surface area contributed by atoms with Crippen LogP contribution in [-0.4, -0.2) is 31.1 Å². The van der Waals surface area contributed by atoms with Gasteiger partial charge in [0.25, 0.3) is 0 Å². The highest BCUT2D eigenvalue weighted by molar-refractivity contribution is 5.01. The third kappa shape index (κ3) is 3.23. The smallest absolute Gasteiger partial charge is 0.0298 e. The SMILES string of the molecule is C/C=C/C=C/N1CCNCC1. The van der Waals surface area contributed by atoms with Crippen LogP contribution in [0.5, 0.6) is 0 Å². The molecular weight excluding hydrogens is 136 g/mol. The third-order valence-electron chi connectivity index (χ3n) is 1.75. The number of nitrogens with zero attached hydrogens (tertiary/aromatic N) is 1. The lowest BCUT2D eigenvalue weighted by Crippen LogP contribution is -2.40. The van der Waals surface area contributed by atoms with Gasteiger partial charge in [-0.2, -0.15) is 0 Å². The molecule has 0 unspecified atom stereocenters. The highest BCUT2D eigenvalue weighted by Crippen LogP contribution is 1.92. The predicted octanol–water partition coefficient (Wildman–Crippen LogP) is 0.981. The minimum atomic E-state index is 1.11. The Hall–Kier alpha value is -0.760. The molecule has 1 saturated heterocycles. The lowest BCUT2D eigenvalue weighted by Gasteiger charge is -2.25. The van der Waals surface area contributed by atoms with Gasteiger partial charge >= 0.3 is 0 Å². The summed E-state index contributed by atoms with van der Waals surface area (Å²) in [6.45, 7) is 6.52. The molecule has 0 spiro atoms. The molecule has 1 N–H and O–H groups in total. The summed E-state index contributed by atoms with van der Waals surface area (Å²) in [5.41, 5.74) is 0. The van der Waals surface area contributed by atoms with E-state index in [1.807, 2.05) is 13.0 Å². The van der Waals surface area contributed by atoms with Crippen molar-refractivity contribution in [3.63, 3.8) is 0 Å². The van der Waals surface area contributed by atoms with E-state index in [2.05, 4.69) is 28.6 Å². The van der Waals surface area contributed by atoms with E-state index in [4.69, 9.17) is 0 Å². The van der Waals surface area contributed by atoms with Crippen LogP contribution in [0.1, 0.15) is 6.92 Å². The molecule has 0 atom stereocenters. The summed E-state index contributed by atoms with van der Waals surface area (Å²) in [5.74, 6) is 0. The van der Waals surface area contributed by atoms with Crippen molar-refractivity contribution in [3.05, 3.63) is 24.4 Å². The fraction of sp³-hybridized carbons (Fsp3) is 0.556. The van der Waals surface area contributed by atoms with Crippen LogP contribution in [0.2, 0.25) is 0 Å². The fourth-order valence-electron chi connectivity index (χ4n) is 1.11. The Morgan fingerprint density at radius 1 is 1.18 bits per heavy atom. The van der Waals surface area contributed by atoms with Crippen molar-refractivity contribution in [3.8, 4) is 0 Å². The average Bonchev–Trinajstić information content (AvgIpc) is 2.07. The molecular formula is C9H16N2. The van der Waals surface area contributed by atoms with Gasteiger partial charge in [0.15, 0.2) is 0 Å². The molecule has 0 saturated carbocycles. The maximum Gasteiger partial charge on any atom is 0.0298 e. The molecule has 11 heavy (non-hydrogen) atoms. The predicted molar refractivity (Wildman–Crippen MR) is 48.4 cm³/mol. The molecule has 0 aromatic heterocycles. The second-order valence-electron chi connectivity index (χ2n) is 2.65. The van der Waals surface area contributed by atoms with Crippen molar-refractivity contribution < 1.29 is 0 Å². The maximum atomic E-state index is 3.31. The number of rotatable bonds is 2. The van der Waals surface area contributed by atoms with Gasteiger partial charge < -0.3 is 10.2 Å². The van der Waals surface area contributed by atoms with Crippen LogP contribution in [0.4, 0.5) is 0 Å². The van der Waals surface area contributed by atoms with Gasteiger partial charge in [0.1, 0.15) is 0 Å². The molecule has 0 aromatic rings. The van der Waals surface area contributed by atoms with Gasteiger partial charge in [0, 0.05) is 26.2 Å². The maximum absolute atomic E-state index is 3.31. The van der Waals surface area contributed by atoms with Crippen LogP contribution in [0.15, 0.2) is 24.4 Å². The first-order valence-electron chi connectivity index (χ1n) is 4.18. The zero-order valence-corrected chi connectivity index (χ0v) is 7.09. The second kappa shape index (κ2) is 4.97. The standard InChI is InChI=1S/C9H16N2/c1-2-3-4-7-11-8-5-10-6-9-11/h2-4,7,10H,5-6,8-9H2,1H3/b3-2+,7-4+. The zero-order valence-electron chi connectivity index (χ0n) is 7.09. The number of nitrogens with one attached hydrogen (secondary N) is 1. The van der Waals surface area contributed by atoms with E-state index in [0.717, 1.165) is 26.2 Å². The highest BCUT2D eigenvalue weighted by Gasteiger charge is 2.02. The van der Waals surface area contributed by atoms with Crippen molar-refractivity contribution in [1.29, 1.82) is 0 Å². The summed E-state index contributed by atoms with van der Waals surface area (Å²) in [6.07, 6.45) is 8.34. The molecule has 1 fully saturated rings. The van der Waals surface area contributed by atoms with E-state index in [-0.39, 0.29) is 0 Å². The normalized spacial score (nSPS) is 20.3. The number of piperazine rings is 1. The Balaban J connectivity index is 2.23. The van der Waals surface area contributed by atoms with Gasteiger partial charge in [0.2, 0.25) is 0 Å². The topological polar surface area (TPSA) is 15.3 Å². The number of hydrogen-bond donors (Lipinski definition) is 1. The van der Waals surface area contributed by atoms with Crippen molar-refractivity contribution in [2.24, 2.45) is 0 Å². The molecule has 0 aromatic carbocycles. The van der Waals surface area contributed by atoms with Gasteiger partial charge in [-0.3, -0.25) is 0 Å². The van der Waals surface area contributed by atoms with Crippen molar-refractivity contribution in [1.82, 2.24) is 10.2 Å². The van der Waals surface area contributed by atoms with Gasteiger partial charge in [-0.05, 0) is 19.2 Å². The number of hydrogen-bond acceptors (Lipinski definition) is 2. The first-order valence-corrected chi connectivity index (χ1v) is 4.18. The minimum absolute atomic E-state index is 1.11. The fourth-order valence-corrected chi connectivity index (χ4v) is 1.11. The van der Waals surface area contributed by atoms with Crippen molar-refractivity contribution in [2.75, 3.05) is 26.2 Å². The molecule has 62 valence electrons. The first-order chi connectivity index (χ1) is 5.43. The van der Waals surface area contributed by atoms with Crippen molar-refractivity contribution >= 4 is 0 Å². The largest absolute Gasteiger partial charge is 0.375 e. The quantitative estimate of drug-likeness (QED) is 0.593. The Kier molecular flexibility index (Phi) is 3.76. The van der Waals surface area contributed by atoms with Gasteiger partial charge in [0.05, 0.1) is 0 Å². The van der Waals surface area contributed by atoms with E-state index in [0.29, 0.717) is 0 Å². The van der Waals surface area contributed by atoms with E-state index >= 15 is 0 Å². The van der Waals surface area contributed by atoms with Gasteiger partial charge in [-0.15, -0.1) is 0 Å². The molecule has 1 aliphatic heterocycles. The Bertz CT molecular complexity index is 144. The minimum Gasteiger partial charge on any atom is -0.375 e. The highest BCUT2D eigenvalue weighted by atomic mass is 15.2. The van der Waals surface area contributed by atoms with E-state index < -0.39 is 0 Å². The van der Waals surface area contributed by atoms with Crippen LogP contribution >= 0.6 is 0 Å². The zero-order chi connectivity index (χ0) is 7.94. The molecule has 1 rings (SSSR count). The Morgan fingerprint density at radius 2 is 1.91 bits per heavy atom. The van der Waals surface area contributed by atoms with E-state index in [1.165, 1.54) is 0 Å². The lowest BCUT2D eigenvalue weighted by atomic mass is 10.4. The van der Waals surface area contributed by atoms with Crippen LogP contribution in [0.25, 0.3) is 0 Å². The summed E-state index contributed by atoms with van der Waals surface area (Å²) in [5, 5.41) is 3.31. The molecule has 0 bridgehead atoms. The Labute approximate surface area is 68.6 Å². The average molecular weight is 152 g/mol. The first kappa shape index (κ1) is 8.34. The van der Waals surface area contributed by atoms with E-state index in [1.54, 1.807) is 0 Å². The summed E-state index contributed by atoms with van der Waals surface area (Å²) in [6, 6.07) is 0. The number of allylic oxidation sites excluding steroid dienone is 3. The molecule has 1 heterocycles. The van der Waals surface area contributed by atoms with Crippen LogP contribution < -0.4 is 5.32 Å². The molecule has 1 aliphatic rings. The summed E-state index contributed by atoms with van der Waals surface area (Å²) >= 11 is 0. The molecule has 0 aliphatic carbocycles. The van der Waals surface area contributed by atoms with E-state index in [9.17, 15) is 0 Å². The molecule has 2 heteroatoms. The van der Waals surface area contributed by atoms with Crippen molar-refractivity contribution in [2.45, 2.75) is 6.92 Å². The second-order valence-corrected chi connectivity index (χ2v) is 2.65. The summed E-state index contributed by atoms with van der Waals surface area (Å²) < 4.78 is 0. The molecule has 0 amide bonds. The van der Waals surface area contributed by atoms with Crippen LogP contribution in [-0.2, 0) is 0 Å². The van der Waals surface area contributed by atoms with Crippen LogP contribution in [0, 0.1) is 0 Å². The Morgan fingerprint density at radius 3 is 2.55 bits per heavy atom. The monoisotopic (exact) mass is 152 g/mol. The molecule has 2 nitrogen and oxygen atoms in total. The summed E-state index contributed by atoms with van der Waals surface area (Å²) in [4.78, 5) is 2.33. The molecule has 0 radical (unpaired) electrons. The van der Waals surface area contributed by atoms with Crippen LogP contribution in [0.3, 0.4) is 0 Å². The lowest BCUT2D eigenvalue weighted by molar-refractivity contribution is 0.324. The summed E-state index contributed by atoms with van der Waals surface area (Å²) in [7, 11) is 0. The van der Waals surface area contributed by atoms with Gasteiger partial charge in [-0.25, -0.2) is 0 Å².